The maximum absolute atomic E-state index is 5.84. The lowest BCUT2D eigenvalue weighted by Gasteiger charge is -2.19. The van der Waals surface area contributed by atoms with E-state index >= 15 is 0 Å². The van der Waals surface area contributed by atoms with Crippen LogP contribution < -0.4 is 0 Å². The van der Waals surface area contributed by atoms with Crippen molar-refractivity contribution in [2.45, 2.75) is 0 Å². The second kappa shape index (κ2) is 10.3. The number of ether oxygens (including phenoxy) is 2. The summed E-state index contributed by atoms with van der Waals surface area (Å²) in [6.07, 6.45) is 0. The molecule has 202 valence electrons. The van der Waals surface area contributed by atoms with E-state index in [1.165, 1.54) is 43.8 Å². The molecule has 0 spiro atoms. The number of aliphatic imine (C=N–C) groups is 2. The van der Waals surface area contributed by atoms with Crippen molar-refractivity contribution < 1.29 is 9.47 Å². The van der Waals surface area contributed by atoms with Crippen molar-refractivity contribution in [2.24, 2.45) is 9.98 Å². The van der Waals surface area contributed by atoms with E-state index < -0.39 is 0 Å². The topological polar surface area (TPSA) is 43.2 Å². The van der Waals surface area contributed by atoms with Crippen LogP contribution in [-0.4, -0.2) is 38.1 Å². The van der Waals surface area contributed by atoms with Gasteiger partial charge >= 0.3 is 0 Å². The van der Waals surface area contributed by atoms with Crippen molar-refractivity contribution in [2.75, 3.05) is 26.3 Å². The largest absolute Gasteiger partial charge is 0.476 e. The van der Waals surface area contributed by atoms with Gasteiger partial charge in [0.15, 0.2) is 0 Å². The molecule has 0 radical (unpaired) electrons. The zero-order valence-corrected chi connectivity index (χ0v) is 23.1. The highest BCUT2D eigenvalue weighted by Crippen LogP contribution is 2.45. The maximum Gasteiger partial charge on any atom is 0.216 e. The van der Waals surface area contributed by atoms with Crippen LogP contribution in [0.4, 0.5) is 0 Å². The van der Waals surface area contributed by atoms with E-state index in [-0.39, 0.29) is 0 Å². The van der Waals surface area contributed by atoms with Crippen LogP contribution in [0.15, 0.2) is 131 Å². The lowest BCUT2D eigenvalue weighted by atomic mass is 9.84. The van der Waals surface area contributed by atoms with E-state index in [9.17, 15) is 0 Å². The summed E-state index contributed by atoms with van der Waals surface area (Å²) in [7, 11) is 0. The first-order valence-electron chi connectivity index (χ1n) is 14.4. The molecule has 0 saturated heterocycles. The SMILES string of the molecule is c1ccc(-c2ccc3c(-c4cccc(C5=NCCO5)c4)c4ccccc4c(-c4cccc(C5=NCCO5)c4)c3c2)cc1. The van der Waals surface area contributed by atoms with Crippen LogP contribution in [0, 0.1) is 0 Å². The fraction of sp³-hybridized carbons (Fsp3) is 0.105. The zero-order valence-electron chi connectivity index (χ0n) is 23.1. The molecule has 6 aromatic carbocycles. The third kappa shape index (κ3) is 4.24. The molecular formula is C38H28N2O2. The van der Waals surface area contributed by atoms with Crippen molar-refractivity contribution in [3.8, 4) is 33.4 Å². The van der Waals surface area contributed by atoms with Gasteiger partial charge in [0.1, 0.15) is 13.2 Å². The smallest absolute Gasteiger partial charge is 0.216 e. The van der Waals surface area contributed by atoms with E-state index in [2.05, 4.69) is 131 Å². The van der Waals surface area contributed by atoms with Gasteiger partial charge in [0, 0.05) is 11.1 Å². The number of benzene rings is 6. The molecule has 0 aromatic heterocycles. The number of rotatable bonds is 5. The van der Waals surface area contributed by atoms with Crippen molar-refractivity contribution in [3.05, 3.63) is 132 Å². The van der Waals surface area contributed by atoms with Gasteiger partial charge in [0.25, 0.3) is 0 Å². The first-order chi connectivity index (χ1) is 20.8. The fourth-order valence-corrected chi connectivity index (χ4v) is 6.25. The summed E-state index contributed by atoms with van der Waals surface area (Å²) in [5, 5.41) is 4.82. The second-order valence-corrected chi connectivity index (χ2v) is 10.7. The van der Waals surface area contributed by atoms with Crippen LogP contribution in [-0.2, 0) is 9.47 Å². The Morgan fingerprint density at radius 3 is 1.45 bits per heavy atom. The molecule has 0 atom stereocenters. The Hall–Kier alpha value is -5.22. The molecule has 0 unspecified atom stereocenters. The standard InChI is InChI=1S/C38H28N2O2/c1-2-8-25(9-3-1)26-16-17-33-34(24-26)36(28-11-7-13-30(23-28)38-40-19-21-42-38)32-15-5-4-14-31(32)35(33)27-10-6-12-29(22-27)37-39-18-20-41-37/h1-17,22-24H,18-21H2. The van der Waals surface area contributed by atoms with Crippen LogP contribution >= 0.6 is 0 Å². The fourth-order valence-electron chi connectivity index (χ4n) is 6.25. The summed E-state index contributed by atoms with van der Waals surface area (Å²) in [4.78, 5) is 9.17. The molecule has 8 rings (SSSR count). The molecule has 6 aromatic rings. The summed E-state index contributed by atoms with van der Waals surface area (Å²) in [5.74, 6) is 1.45. The van der Waals surface area contributed by atoms with Gasteiger partial charge in [0.05, 0.1) is 13.1 Å². The summed E-state index contributed by atoms with van der Waals surface area (Å²) in [6.45, 7) is 2.69. The quantitative estimate of drug-likeness (QED) is 0.204. The Bertz CT molecular complexity index is 2040. The van der Waals surface area contributed by atoms with E-state index in [1.807, 2.05) is 0 Å². The monoisotopic (exact) mass is 544 g/mol. The van der Waals surface area contributed by atoms with Crippen LogP contribution in [0.2, 0.25) is 0 Å². The summed E-state index contributed by atoms with van der Waals surface area (Å²) >= 11 is 0. The van der Waals surface area contributed by atoms with Gasteiger partial charge in [0.2, 0.25) is 11.8 Å². The molecule has 0 amide bonds. The molecule has 0 N–H and O–H groups in total. The average molecular weight is 545 g/mol. The predicted octanol–water partition coefficient (Wildman–Crippen LogP) is 8.55. The molecule has 2 aliphatic rings. The van der Waals surface area contributed by atoms with Gasteiger partial charge in [-0.3, -0.25) is 0 Å². The van der Waals surface area contributed by atoms with Crippen molar-refractivity contribution >= 4 is 33.3 Å². The third-order valence-corrected chi connectivity index (χ3v) is 8.10. The van der Waals surface area contributed by atoms with Crippen LogP contribution in [0.1, 0.15) is 11.1 Å². The molecule has 42 heavy (non-hydrogen) atoms. The van der Waals surface area contributed by atoms with E-state index in [0.717, 1.165) is 34.0 Å². The van der Waals surface area contributed by atoms with Crippen molar-refractivity contribution in [3.63, 3.8) is 0 Å². The molecule has 0 aliphatic carbocycles. The Labute approximate surface area is 244 Å². The Balaban J connectivity index is 1.44. The van der Waals surface area contributed by atoms with E-state index in [4.69, 9.17) is 9.47 Å². The van der Waals surface area contributed by atoms with Crippen LogP contribution in [0.25, 0.3) is 54.9 Å². The highest BCUT2D eigenvalue weighted by molar-refractivity contribution is 6.22. The van der Waals surface area contributed by atoms with Crippen molar-refractivity contribution in [1.29, 1.82) is 0 Å². The van der Waals surface area contributed by atoms with Crippen LogP contribution in [0.3, 0.4) is 0 Å². The molecule has 2 aliphatic heterocycles. The molecule has 0 bridgehead atoms. The van der Waals surface area contributed by atoms with Gasteiger partial charge in [-0.25, -0.2) is 9.98 Å². The molecule has 0 saturated carbocycles. The first-order valence-corrected chi connectivity index (χ1v) is 14.4. The van der Waals surface area contributed by atoms with Gasteiger partial charge < -0.3 is 9.47 Å². The number of fused-ring (bicyclic) bond motifs is 2. The molecule has 4 nitrogen and oxygen atoms in total. The Kier molecular flexibility index (Phi) is 6.03. The summed E-state index contributed by atoms with van der Waals surface area (Å²) in [6, 6.07) is 43.4. The highest BCUT2D eigenvalue weighted by Gasteiger charge is 2.20. The Morgan fingerprint density at radius 1 is 0.381 bits per heavy atom. The molecule has 4 heteroatoms. The summed E-state index contributed by atoms with van der Waals surface area (Å²) < 4.78 is 11.7. The number of hydrogen-bond donors (Lipinski definition) is 0. The predicted molar refractivity (Wildman–Crippen MR) is 172 cm³/mol. The summed E-state index contributed by atoms with van der Waals surface area (Å²) in [5.41, 5.74) is 9.12. The number of nitrogens with zero attached hydrogens (tertiary/aromatic N) is 2. The Morgan fingerprint density at radius 2 is 0.881 bits per heavy atom. The van der Waals surface area contributed by atoms with Gasteiger partial charge in [-0.2, -0.15) is 0 Å². The minimum atomic E-state index is 0.636. The minimum Gasteiger partial charge on any atom is -0.476 e. The maximum atomic E-state index is 5.84. The number of hydrogen-bond acceptors (Lipinski definition) is 4. The third-order valence-electron chi connectivity index (χ3n) is 8.10. The van der Waals surface area contributed by atoms with Crippen LogP contribution in [0.5, 0.6) is 0 Å². The van der Waals surface area contributed by atoms with E-state index in [0.29, 0.717) is 26.3 Å². The normalized spacial score (nSPS) is 14.5. The van der Waals surface area contributed by atoms with Gasteiger partial charge in [-0.15, -0.1) is 0 Å². The lowest BCUT2D eigenvalue weighted by molar-refractivity contribution is 0.348. The average Bonchev–Trinajstić information content (AvgIpc) is 3.80. The van der Waals surface area contributed by atoms with Gasteiger partial charge in [-0.1, -0.05) is 91.0 Å². The molecule has 2 heterocycles. The lowest BCUT2D eigenvalue weighted by Crippen LogP contribution is -2.01. The molecular weight excluding hydrogens is 516 g/mol. The molecule has 0 fully saturated rings. The van der Waals surface area contributed by atoms with Gasteiger partial charge in [-0.05, 0) is 85.3 Å². The first kappa shape index (κ1) is 24.6. The van der Waals surface area contributed by atoms with Crippen molar-refractivity contribution in [1.82, 2.24) is 0 Å². The highest BCUT2D eigenvalue weighted by atomic mass is 16.5. The minimum absolute atomic E-state index is 0.636. The second-order valence-electron chi connectivity index (χ2n) is 10.7. The zero-order chi connectivity index (χ0) is 27.9. The van der Waals surface area contributed by atoms with E-state index in [1.54, 1.807) is 0 Å².